The van der Waals surface area contributed by atoms with Gasteiger partial charge in [0.05, 0.1) is 18.1 Å². The summed E-state index contributed by atoms with van der Waals surface area (Å²) >= 11 is 7.57. The van der Waals surface area contributed by atoms with Gasteiger partial charge in [-0.1, -0.05) is 29.5 Å². The Kier molecular flexibility index (Phi) is 7.14. The molecule has 1 aromatic carbocycles. The van der Waals surface area contributed by atoms with Crippen LogP contribution < -0.4 is 10.5 Å². The van der Waals surface area contributed by atoms with E-state index in [2.05, 4.69) is 17.9 Å². The van der Waals surface area contributed by atoms with Gasteiger partial charge in [0, 0.05) is 21.9 Å². The summed E-state index contributed by atoms with van der Waals surface area (Å²) < 4.78 is 5.60. The van der Waals surface area contributed by atoms with Gasteiger partial charge in [-0.05, 0) is 50.1 Å². The van der Waals surface area contributed by atoms with Gasteiger partial charge >= 0.3 is 0 Å². The Morgan fingerprint density at radius 2 is 2.17 bits per heavy atom. The van der Waals surface area contributed by atoms with Gasteiger partial charge in [-0.25, -0.2) is 0 Å². The van der Waals surface area contributed by atoms with Crippen LogP contribution >= 0.6 is 22.9 Å². The molecule has 24 heavy (non-hydrogen) atoms. The maximum absolute atomic E-state index is 9.18. The smallest absolute Gasteiger partial charge is 0.120 e. The third kappa shape index (κ3) is 6.54. The molecule has 0 saturated carbocycles. The molecular formula is C19H22ClNO2S. The van der Waals surface area contributed by atoms with Crippen molar-refractivity contribution in [1.29, 1.82) is 0 Å². The molecule has 1 atom stereocenters. The van der Waals surface area contributed by atoms with Crippen LogP contribution in [0.2, 0.25) is 5.02 Å². The summed E-state index contributed by atoms with van der Waals surface area (Å²) in [6, 6.07) is 11.4. The fourth-order valence-electron chi connectivity index (χ4n) is 1.99. The Bertz CT molecular complexity index is 715. The first-order chi connectivity index (χ1) is 11.5. The van der Waals surface area contributed by atoms with Gasteiger partial charge in [-0.3, -0.25) is 0 Å². The van der Waals surface area contributed by atoms with Gasteiger partial charge in [-0.2, -0.15) is 0 Å². The Morgan fingerprint density at radius 1 is 1.33 bits per heavy atom. The molecule has 1 aromatic heterocycles. The first-order valence-corrected chi connectivity index (χ1v) is 9.04. The van der Waals surface area contributed by atoms with Crippen LogP contribution in [0.3, 0.4) is 0 Å². The molecule has 1 heterocycles. The van der Waals surface area contributed by atoms with Crippen molar-refractivity contribution < 1.29 is 9.84 Å². The van der Waals surface area contributed by atoms with Crippen molar-refractivity contribution in [3.63, 3.8) is 0 Å². The lowest BCUT2D eigenvalue weighted by molar-refractivity contribution is 0.201. The van der Waals surface area contributed by atoms with Crippen molar-refractivity contribution in [2.24, 2.45) is 5.73 Å². The number of nitrogens with two attached hydrogens (primary N) is 1. The third-order valence-corrected chi connectivity index (χ3v) is 4.76. The highest BCUT2D eigenvalue weighted by molar-refractivity contribution is 7.12. The summed E-state index contributed by atoms with van der Waals surface area (Å²) in [4.78, 5) is 2.27. The number of hydrogen-bond acceptors (Lipinski definition) is 4. The molecule has 2 rings (SSSR count). The Morgan fingerprint density at radius 3 is 2.92 bits per heavy atom. The normalized spacial score (nSPS) is 13.0. The number of rotatable bonds is 7. The summed E-state index contributed by atoms with van der Waals surface area (Å²) in [5.41, 5.74) is 5.43. The molecule has 0 amide bonds. The summed E-state index contributed by atoms with van der Waals surface area (Å²) in [6.45, 7) is 2.40. The fraction of sp³-hybridized carbons (Fsp3) is 0.368. The highest BCUT2D eigenvalue weighted by Crippen LogP contribution is 2.20. The maximum atomic E-state index is 9.18. The molecular weight excluding hydrogens is 342 g/mol. The number of hydrogen-bond donors (Lipinski definition) is 2. The lowest BCUT2D eigenvalue weighted by Gasteiger charge is -2.20. The zero-order valence-corrected chi connectivity index (χ0v) is 15.3. The predicted molar refractivity (Wildman–Crippen MR) is 101 cm³/mol. The number of aliphatic hydroxyl groups excluding tert-OH is 1. The first-order valence-electron chi connectivity index (χ1n) is 7.84. The van der Waals surface area contributed by atoms with Gasteiger partial charge in [0.15, 0.2) is 0 Å². The maximum Gasteiger partial charge on any atom is 0.120 e. The van der Waals surface area contributed by atoms with Gasteiger partial charge in [0.2, 0.25) is 0 Å². The predicted octanol–water partition coefficient (Wildman–Crippen LogP) is 3.86. The van der Waals surface area contributed by atoms with Crippen LogP contribution in [0, 0.1) is 11.8 Å². The minimum Gasteiger partial charge on any atom is -0.493 e. The van der Waals surface area contributed by atoms with Gasteiger partial charge in [0.25, 0.3) is 0 Å². The SMILES string of the molecule is CC(N)(CO)CCc1ccc(C#CCCOc2cccc(Cl)c2)s1. The summed E-state index contributed by atoms with van der Waals surface area (Å²) in [5, 5.41) is 9.84. The van der Waals surface area contributed by atoms with Crippen molar-refractivity contribution in [3.8, 4) is 17.6 Å². The van der Waals surface area contributed by atoms with E-state index in [4.69, 9.17) is 22.1 Å². The summed E-state index contributed by atoms with van der Waals surface area (Å²) in [7, 11) is 0. The highest BCUT2D eigenvalue weighted by Gasteiger charge is 2.16. The van der Waals surface area contributed by atoms with Crippen molar-refractivity contribution in [1.82, 2.24) is 0 Å². The number of ether oxygens (including phenoxy) is 1. The zero-order valence-electron chi connectivity index (χ0n) is 13.7. The van der Waals surface area contributed by atoms with Gasteiger partial charge in [-0.15, -0.1) is 11.3 Å². The van der Waals surface area contributed by atoms with Crippen molar-refractivity contribution in [2.75, 3.05) is 13.2 Å². The van der Waals surface area contributed by atoms with Gasteiger partial charge in [0.1, 0.15) is 5.75 Å². The molecule has 0 saturated heterocycles. The van der Waals surface area contributed by atoms with E-state index in [9.17, 15) is 5.11 Å². The largest absolute Gasteiger partial charge is 0.493 e. The second-order valence-corrected chi connectivity index (χ2v) is 7.54. The summed E-state index contributed by atoms with van der Waals surface area (Å²) in [6.07, 6.45) is 2.27. The van der Waals surface area contributed by atoms with E-state index in [1.54, 1.807) is 17.4 Å². The lowest BCUT2D eigenvalue weighted by Crippen LogP contribution is -2.40. The monoisotopic (exact) mass is 363 g/mol. The van der Waals surface area contributed by atoms with E-state index in [1.807, 2.05) is 31.2 Å². The van der Waals surface area contributed by atoms with E-state index in [-0.39, 0.29) is 6.61 Å². The Balaban J connectivity index is 1.75. The average molecular weight is 364 g/mol. The molecule has 128 valence electrons. The highest BCUT2D eigenvalue weighted by atomic mass is 35.5. The minimum atomic E-state index is -0.520. The van der Waals surface area contributed by atoms with E-state index in [0.717, 1.165) is 23.5 Å². The van der Waals surface area contributed by atoms with Crippen LogP contribution in [0.1, 0.15) is 29.5 Å². The molecule has 0 radical (unpaired) electrons. The minimum absolute atomic E-state index is 0.00232. The van der Waals surface area contributed by atoms with Crippen LogP contribution in [-0.2, 0) is 6.42 Å². The number of aliphatic hydroxyl groups is 1. The molecule has 0 spiro atoms. The second kappa shape index (κ2) is 9.10. The molecule has 3 nitrogen and oxygen atoms in total. The van der Waals surface area contributed by atoms with Crippen LogP contribution in [0.5, 0.6) is 5.75 Å². The molecule has 2 aromatic rings. The summed E-state index contributed by atoms with van der Waals surface area (Å²) in [5.74, 6) is 7.04. The zero-order chi connectivity index (χ0) is 17.4. The van der Waals surface area contributed by atoms with E-state index in [0.29, 0.717) is 18.1 Å². The number of thiophene rings is 1. The molecule has 0 aliphatic heterocycles. The first kappa shape index (κ1) is 18.8. The number of aryl methyl sites for hydroxylation is 1. The van der Waals surface area contributed by atoms with Crippen LogP contribution in [0.25, 0.3) is 0 Å². The molecule has 0 aliphatic rings. The van der Waals surface area contributed by atoms with Crippen LogP contribution in [0.15, 0.2) is 36.4 Å². The Labute approximate surface area is 152 Å². The van der Waals surface area contributed by atoms with E-state index in [1.165, 1.54) is 4.88 Å². The lowest BCUT2D eigenvalue weighted by atomic mass is 9.98. The molecule has 0 aliphatic carbocycles. The third-order valence-electron chi connectivity index (χ3n) is 3.47. The number of halogens is 1. The Hall–Kier alpha value is -1.51. The molecule has 3 N–H and O–H groups in total. The second-order valence-electron chi connectivity index (χ2n) is 5.94. The average Bonchev–Trinajstić information content (AvgIpc) is 3.01. The van der Waals surface area contributed by atoms with Gasteiger partial charge < -0.3 is 15.6 Å². The topological polar surface area (TPSA) is 55.5 Å². The molecule has 5 heteroatoms. The standard InChI is InChI=1S/C19H22ClNO2S/c1-19(21,14-22)11-10-18-9-8-17(24-18)7-2-3-12-23-16-6-4-5-15(20)13-16/h4-6,8-9,13,22H,3,10-12,14,21H2,1H3. The van der Waals surface area contributed by atoms with E-state index < -0.39 is 5.54 Å². The van der Waals surface area contributed by atoms with Crippen molar-refractivity contribution in [3.05, 3.63) is 51.2 Å². The van der Waals surface area contributed by atoms with Crippen molar-refractivity contribution >= 4 is 22.9 Å². The van der Waals surface area contributed by atoms with Crippen molar-refractivity contribution in [2.45, 2.75) is 31.7 Å². The van der Waals surface area contributed by atoms with Crippen LogP contribution in [0.4, 0.5) is 0 Å². The molecule has 0 bridgehead atoms. The fourth-order valence-corrected chi connectivity index (χ4v) is 3.06. The number of benzene rings is 1. The van der Waals surface area contributed by atoms with E-state index >= 15 is 0 Å². The van der Waals surface area contributed by atoms with Crippen LogP contribution in [-0.4, -0.2) is 23.9 Å². The molecule has 1 unspecified atom stereocenters. The molecule has 0 fully saturated rings. The quantitative estimate of drug-likeness (QED) is 0.580.